The van der Waals surface area contributed by atoms with Gasteiger partial charge in [-0.25, -0.2) is 0 Å². The molecule has 0 aliphatic heterocycles. The fourth-order valence-corrected chi connectivity index (χ4v) is 8.99. The molecule has 0 aromatic heterocycles. The average molecular weight is 846 g/mol. The van der Waals surface area contributed by atoms with Crippen molar-refractivity contribution in [3.63, 3.8) is 0 Å². The molecule has 2 aliphatic carbocycles. The minimum Gasteiger partial charge on any atom is -0.466 e. The van der Waals surface area contributed by atoms with Crippen molar-refractivity contribution in [3.05, 3.63) is 23.3 Å². The van der Waals surface area contributed by atoms with Crippen LogP contribution in [-0.2, 0) is 38.1 Å². The van der Waals surface area contributed by atoms with E-state index in [4.69, 9.17) is 23.7 Å². The van der Waals surface area contributed by atoms with Crippen molar-refractivity contribution in [1.82, 2.24) is 4.90 Å². The third-order valence-electron chi connectivity index (χ3n) is 13.7. The quantitative estimate of drug-likeness (QED) is 0.0206. The van der Waals surface area contributed by atoms with E-state index in [9.17, 15) is 14.4 Å². The second-order valence-electron chi connectivity index (χ2n) is 20.1. The number of fused-ring (bicyclic) bond motifs is 2. The molecule has 4 unspecified atom stereocenters. The molecular weight excluding hydrogens is 755 g/mol. The van der Waals surface area contributed by atoms with Gasteiger partial charge in [-0.15, -0.1) is 0 Å². The highest BCUT2D eigenvalue weighted by Crippen LogP contribution is 2.66. The lowest BCUT2D eigenvalue weighted by Gasteiger charge is -2.38. The Bertz CT molecular complexity index is 1250. The first-order chi connectivity index (χ1) is 28.4. The molecule has 2 saturated carbocycles. The van der Waals surface area contributed by atoms with Gasteiger partial charge in [0, 0.05) is 37.9 Å². The Hall–Kier alpha value is -2.23. The Kier molecular flexibility index (Phi) is 26.2. The van der Waals surface area contributed by atoms with Crippen LogP contribution in [0.15, 0.2) is 23.3 Å². The molecular formula is C51H91NO8. The number of carbonyl (C=O) groups is 3. The molecule has 0 spiro atoms. The summed E-state index contributed by atoms with van der Waals surface area (Å²) in [4.78, 5) is 40.5. The van der Waals surface area contributed by atoms with Gasteiger partial charge in [-0.2, -0.15) is 0 Å². The second kappa shape index (κ2) is 29.2. The number of ether oxygens (including phenoxy) is 5. The van der Waals surface area contributed by atoms with E-state index in [0.717, 1.165) is 96.4 Å². The summed E-state index contributed by atoms with van der Waals surface area (Å²) in [6.45, 7) is 22.5. The van der Waals surface area contributed by atoms with E-state index in [2.05, 4.69) is 79.4 Å². The van der Waals surface area contributed by atoms with Crippen LogP contribution in [0, 0.1) is 28.6 Å². The maximum Gasteiger partial charge on any atom is 0.306 e. The molecule has 0 N–H and O–H groups in total. The molecule has 0 amide bonds. The van der Waals surface area contributed by atoms with E-state index in [1.807, 2.05) is 14.1 Å². The van der Waals surface area contributed by atoms with Gasteiger partial charge in [0.05, 0.1) is 13.0 Å². The number of hydrogen-bond acceptors (Lipinski definition) is 9. The summed E-state index contributed by atoms with van der Waals surface area (Å²) in [7, 11) is 4.00. The number of nitrogens with zero attached hydrogens (tertiary/aromatic N) is 1. The zero-order valence-electron chi connectivity index (χ0n) is 40.5. The summed E-state index contributed by atoms with van der Waals surface area (Å²) in [6.07, 6.45) is 21.6. The molecule has 0 radical (unpaired) electrons. The summed E-state index contributed by atoms with van der Waals surface area (Å²) in [5.74, 6) is 1.24. The number of carbonyl (C=O) groups excluding carboxylic acids is 3. The number of allylic oxidation sites excluding steroid dienone is 4. The Morgan fingerprint density at radius 2 is 1.25 bits per heavy atom. The predicted molar refractivity (Wildman–Crippen MR) is 244 cm³/mol. The lowest BCUT2D eigenvalue weighted by atomic mass is 9.70. The van der Waals surface area contributed by atoms with E-state index in [1.54, 1.807) is 0 Å². The van der Waals surface area contributed by atoms with Gasteiger partial charge in [-0.3, -0.25) is 14.4 Å². The summed E-state index contributed by atoms with van der Waals surface area (Å²) in [5.41, 5.74) is 2.97. The summed E-state index contributed by atoms with van der Waals surface area (Å²) < 4.78 is 30.0. The molecule has 2 fully saturated rings. The number of unbranched alkanes of at least 4 members (excludes halogenated alkanes) is 3. The van der Waals surface area contributed by atoms with Gasteiger partial charge in [0.2, 0.25) is 0 Å². The van der Waals surface area contributed by atoms with Crippen LogP contribution >= 0.6 is 0 Å². The summed E-state index contributed by atoms with van der Waals surface area (Å²) in [6, 6.07) is 0. The molecule has 0 aromatic carbocycles. The first kappa shape index (κ1) is 53.9. The van der Waals surface area contributed by atoms with Crippen LogP contribution < -0.4 is 0 Å². The third-order valence-corrected chi connectivity index (χ3v) is 13.7. The van der Waals surface area contributed by atoms with E-state index in [0.29, 0.717) is 69.7 Å². The van der Waals surface area contributed by atoms with Gasteiger partial charge >= 0.3 is 17.9 Å². The molecule has 6 atom stereocenters. The molecule has 2 rings (SSSR count). The highest BCUT2D eigenvalue weighted by molar-refractivity contribution is 5.70. The maximum absolute atomic E-state index is 13.0. The SMILES string of the molecule is CC(C)=CCCC(C)CCOC(CCC(=O)OCCCCCCC(CCCC(=O)O[C@@H]1C[C@@H]2CCC1(C)C2(C)C)OC(=O)CCCN(C)C)OCCC(C)CCC=C(C)C. The van der Waals surface area contributed by atoms with Crippen molar-refractivity contribution in [2.45, 2.75) is 216 Å². The van der Waals surface area contributed by atoms with E-state index in [-0.39, 0.29) is 47.4 Å². The molecule has 348 valence electrons. The van der Waals surface area contributed by atoms with Crippen LogP contribution in [-0.4, -0.2) is 81.8 Å². The van der Waals surface area contributed by atoms with Gasteiger partial charge in [0.15, 0.2) is 6.29 Å². The predicted octanol–water partition coefficient (Wildman–Crippen LogP) is 12.3. The van der Waals surface area contributed by atoms with Gasteiger partial charge in [0.25, 0.3) is 0 Å². The first-order valence-corrected chi connectivity index (χ1v) is 24.1. The van der Waals surface area contributed by atoms with Crippen LogP contribution in [0.25, 0.3) is 0 Å². The van der Waals surface area contributed by atoms with Crippen LogP contribution in [0.5, 0.6) is 0 Å². The lowest BCUT2D eigenvalue weighted by Crippen LogP contribution is -2.38. The van der Waals surface area contributed by atoms with Crippen molar-refractivity contribution in [2.24, 2.45) is 28.6 Å². The Labute approximate surface area is 367 Å². The van der Waals surface area contributed by atoms with Crippen LogP contribution in [0.3, 0.4) is 0 Å². The minimum atomic E-state index is -0.411. The Morgan fingerprint density at radius 1 is 0.667 bits per heavy atom. The first-order valence-electron chi connectivity index (χ1n) is 24.1. The zero-order chi connectivity index (χ0) is 44.6. The monoisotopic (exact) mass is 846 g/mol. The number of rotatable bonds is 34. The fraction of sp³-hybridized carbons (Fsp3) is 0.863. The summed E-state index contributed by atoms with van der Waals surface area (Å²) >= 11 is 0. The largest absolute Gasteiger partial charge is 0.466 e. The molecule has 2 bridgehead atoms. The van der Waals surface area contributed by atoms with Gasteiger partial charge in [-0.05, 0) is 168 Å². The van der Waals surface area contributed by atoms with Crippen molar-refractivity contribution in [3.8, 4) is 0 Å². The lowest BCUT2D eigenvalue weighted by molar-refractivity contribution is -0.161. The van der Waals surface area contributed by atoms with Crippen LogP contribution in [0.1, 0.15) is 197 Å². The van der Waals surface area contributed by atoms with Crippen LogP contribution in [0.4, 0.5) is 0 Å². The average Bonchev–Trinajstić information content (AvgIpc) is 3.49. The fourth-order valence-electron chi connectivity index (χ4n) is 8.99. The Balaban J connectivity index is 1.73. The Morgan fingerprint density at radius 3 is 1.80 bits per heavy atom. The van der Waals surface area contributed by atoms with Crippen molar-refractivity contribution in [1.29, 1.82) is 0 Å². The highest BCUT2D eigenvalue weighted by Gasteiger charge is 2.62. The molecule has 0 aromatic rings. The van der Waals surface area contributed by atoms with Gasteiger partial charge in [0.1, 0.15) is 12.2 Å². The number of hydrogen-bond donors (Lipinski definition) is 0. The topological polar surface area (TPSA) is 101 Å². The van der Waals surface area contributed by atoms with E-state index >= 15 is 0 Å². The van der Waals surface area contributed by atoms with Gasteiger partial charge in [-0.1, -0.05) is 70.8 Å². The van der Waals surface area contributed by atoms with E-state index in [1.165, 1.54) is 17.6 Å². The third kappa shape index (κ3) is 21.7. The van der Waals surface area contributed by atoms with Gasteiger partial charge < -0.3 is 28.6 Å². The molecule has 9 heteroatoms. The van der Waals surface area contributed by atoms with Crippen LogP contribution in [0.2, 0.25) is 0 Å². The number of esters is 3. The zero-order valence-corrected chi connectivity index (χ0v) is 40.5. The van der Waals surface area contributed by atoms with Crippen molar-refractivity contribution in [2.75, 3.05) is 40.5 Å². The molecule has 0 saturated heterocycles. The standard InChI is InChI=1S/C51H91NO8/c1-39(2)20-16-22-41(5)31-36-57-49(58-37-32-42(6)23-17-21-40(3)4)29-28-46(53)56-35-15-13-12-14-24-44(59-47(54)27-19-34-52(10)11)25-18-26-48(55)60-45-38-43-30-33-51(45,9)50(43,7)8/h20-21,41-45,49H,12-19,22-38H2,1-11H3/t41?,42?,43-,44?,45+,49?,51?/m0/s1. The summed E-state index contributed by atoms with van der Waals surface area (Å²) in [5, 5.41) is 0. The second-order valence-corrected chi connectivity index (χ2v) is 20.1. The molecule has 9 nitrogen and oxygen atoms in total. The molecule has 60 heavy (non-hydrogen) atoms. The van der Waals surface area contributed by atoms with Crippen molar-refractivity contribution < 1.29 is 38.1 Å². The van der Waals surface area contributed by atoms with E-state index < -0.39 is 6.29 Å². The maximum atomic E-state index is 13.0. The highest BCUT2D eigenvalue weighted by atomic mass is 16.7. The normalized spacial score (nSPS) is 21.3. The smallest absolute Gasteiger partial charge is 0.306 e. The molecule has 2 aliphatic rings. The van der Waals surface area contributed by atoms with Crippen molar-refractivity contribution >= 4 is 17.9 Å². The molecule has 0 heterocycles. The minimum absolute atomic E-state index is 0.00140.